The van der Waals surface area contributed by atoms with Gasteiger partial charge in [-0.1, -0.05) is 36.1 Å². The molecule has 0 spiro atoms. The molecule has 1 aliphatic heterocycles. The van der Waals surface area contributed by atoms with Crippen molar-refractivity contribution in [1.82, 2.24) is 4.90 Å². The number of ether oxygens (including phenoxy) is 2. The lowest BCUT2D eigenvalue weighted by molar-refractivity contribution is -0.143. The van der Waals surface area contributed by atoms with E-state index >= 15 is 0 Å². The van der Waals surface area contributed by atoms with Crippen molar-refractivity contribution in [2.75, 3.05) is 19.8 Å². The van der Waals surface area contributed by atoms with Crippen LogP contribution >= 0.6 is 24.0 Å². The van der Waals surface area contributed by atoms with E-state index in [1.807, 2.05) is 31.2 Å². The van der Waals surface area contributed by atoms with Crippen LogP contribution in [0.1, 0.15) is 25.8 Å². The lowest BCUT2D eigenvalue weighted by Crippen LogP contribution is -2.30. The van der Waals surface area contributed by atoms with Crippen molar-refractivity contribution in [3.63, 3.8) is 0 Å². The minimum Gasteiger partial charge on any atom is -0.494 e. The molecule has 0 aromatic heterocycles. The molecule has 0 atom stereocenters. The maximum absolute atomic E-state index is 12.5. The molecule has 0 saturated carbocycles. The lowest BCUT2D eigenvalue weighted by atomic mass is 10.2. The zero-order valence-corrected chi connectivity index (χ0v) is 15.2. The van der Waals surface area contributed by atoms with Crippen molar-refractivity contribution in [3.8, 4) is 5.75 Å². The first-order valence-electron chi connectivity index (χ1n) is 7.69. The number of hydrogen-bond donors (Lipinski definition) is 0. The van der Waals surface area contributed by atoms with Gasteiger partial charge in [0.25, 0.3) is 5.91 Å². The molecular weight excluding hydrogens is 346 g/mol. The summed E-state index contributed by atoms with van der Waals surface area (Å²) in [6.45, 7) is 4.81. The number of carbonyl (C=O) groups is 2. The topological polar surface area (TPSA) is 55.8 Å². The highest BCUT2D eigenvalue weighted by Gasteiger charge is 2.32. The van der Waals surface area contributed by atoms with Gasteiger partial charge >= 0.3 is 5.97 Å². The van der Waals surface area contributed by atoms with Crippen LogP contribution in [-0.2, 0) is 14.3 Å². The molecule has 0 unspecified atom stereocenters. The Morgan fingerprint density at radius 1 is 1.33 bits per heavy atom. The molecule has 5 nitrogen and oxygen atoms in total. The minimum absolute atomic E-state index is 0.132. The van der Waals surface area contributed by atoms with Gasteiger partial charge in [-0.3, -0.25) is 14.5 Å². The molecule has 1 amide bonds. The van der Waals surface area contributed by atoms with Crippen molar-refractivity contribution < 1.29 is 19.1 Å². The van der Waals surface area contributed by atoms with E-state index < -0.39 is 0 Å². The number of rotatable bonds is 7. The van der Waals surface area contributed by atoms with Crippen LogP contribution in [0.2, 0.25) is 0 Å². The van der Waals surface area contributed by atoms with Crippen LogP contribution < -0.4 is 4.74 Å². The Morgan fingerprint density at radius 3 is 2.83 bits per heavy atom. The van der Waals surface area contributed by atoms with Gasteiger partial charge in [-0.15, -0.1) is 0 Å². The van der Waals surface area contributed by atoms with Crippen LogP contribution in [0.15, 0.2) is 29.2 Å². The average molecular weight is 365 g/mol. The second kappa shape index (κ2) is 8.84. The fourth-order valence-corrected chi connectivity index (χ4v) is 3.45. The summed E-state index contributed by atoms with van der Waals surface area (Å²) in [7, 11) is 0. The lowest BCUT2D eigenvalue weighted by Gasteiger charge is -2.13. The Morgan fingerprint density at radius 2 is 2.12 bits per heavy atom. The Hall–Kier alpha value is -1.86. The predicted molar refractivity (Wildman–Crippen MR) is 98.7 cm³/mol. The third-order valence-corrected chi connectivity index (χ3v) is 4.56. The van der Waals surface area contributed by atoms with E-state index in [9.17, 15) is 9.59 Å². The van der Waals surface area contributed by atoms with Crippen molar-refractivity contribution in [1.29, 1.82) is 0 Å². The number of hydrogen-bond acceptors (Lipinski definition) is 6. The van der Waals surface area contributed by atoms with Crippen LogP contribution in [0.25, 0.3) is 6.08 Å². The molecule has 128 valence electrons. The summed E-state index contributed by atoms with van der Waals surface area (Å²) < 4.78 is 10.8. The second-order valence-corrected chi connectivity index (χ2v) is 6.57. The fourth-order valence-electron chi connectivity index (χ4n) is 2.14. The van der Waals surface area contributed by atoms with Gasteiger partial charge in [-0.2, -0.15) is 0 Å². The Balaban J connectivity index is 2.07. The van der Waals surface area contributed by atoms with E-state index in [4.69, 9.17) is 21.7 Å². The standard InChI is InChI=1S/C17H19NO4S2/c1-3-21-13-7-5-6-12(10-13)11-14-16(20)18(17(23)24-14)9-8-15(19)22-4-2/h5-7,10-11H,3-4,8-9H2,1-2H3/b14-11+. The van der Waals surface area contributed by atoms with Crippen LogP contribution in [-0.4, -0.2) is 40.9 Å². The van der Waals surface area contributed by atoms with Crippen LogP contribution in [0, 0.1) is 0 Å². The normalized spacial score (nSPS) is 15.9. The molecule has 1 heterocycles. The van der Waals surface area contributed by atoms with E-state index in [1.165, 1.54) is 16.7 Å². The van der Waals surface area contributed by atoms with Gasteiger partial charge in [0, 0.05) is 6.54 Å². The molecule has 0 aliphatic carbocycles. The molecule has 1 fully saturated rings. The summed E-state index contributed by atoms with van der Waals surface area (Å²) in [6.07, 6.45) is 1.92. The van der Waals surface area contributed by atoms with E-state index in [0.29, 0.717) is 22.4 Å². The first-order valence-corrected chi connectivity index (χ1v) is 8.91. The van der Waals surface area contributed by atoms with Crippen LogP contribution in [0.3, 0.4) is 0 Å². The molecule has 24 heavy (non-hydrogen) atoms. The minimum atomic E-state index is -0.333. The Labute approximate surface area is 151 Å². The number of carbonyl (C=O) groups excluding carboxylic acids is 2. The monoisotopic (exact) mass is 365 g/mol. The van der Waals surface area contributed by atoms with E-state index in [-0.39, 0.29) is 24.8 Å². The van der Waals surface area contributed by atoms with Gasteiger partial charge in [-0.05, 0) is 37.6 Å². The number of thiocarbonyl (C=S) groups is 1. The largest absolute Gasteiger partial charge is 0.494 e. The SMILES string of the molecule is CCOC(=O)CCN1C(=O)/C(=C\c2cccc(OCC)c2)SC1=S. The molecule has 0 N–H and O–H groups in total. The number of nitrogens with zero attached hydrogens (tertiary/aromatic N) is 1. The highest BCUT2D eigenvalue weighted by atomic mass is 32.2. The Kier molecular flexibility index (Phi) is 6.81. The van der Waals surface area contributed by atoms with Gasteiger partial charge in [0.2, 0.25) is 0 Å². The predicted octanol–water partition coefficient (Wildman–Crippen LogP) is 3.24. The third-order valence-electron chi connectivity index (χ3n) is 3.19. The molecule has 1 aliphatic rings. The van der Waals surface area contributed by atoms with Gasteiger partial charge in [0.15, 0.2) is 0 Å². The third kappa shape index (κ3) is 4.82. The average Bonchev–Trinajstić information content (AvgIpc) is 2.80. The maximum Gasteiger partial charge on any atom is 0.307 e. The molecule has 1 saturated heterocycles. The smallest absolute Gasteiger partial charge is 0.307 e. The quantitative estimate of drug-likeness (QED) is 0.420. The molecule has 0 radical (unpaired) electrons. The summed E-state index contributed by atoms with van der Waals surface area (Å²) in [4.78, 5) is 25.9. The molecule has 1 aromatic carbocycles. The summed E-state index contributed by atoms with van der Waals surface area (Å²) >= 11 is 6.48. The summed E-state index contributed by atoms with van der Waals surface area (Å²) in [5, 5.41) is 0. The fraction of sp³-hybridized carbons (Fsp3) is 0.353. The molecule has 0 bridgehead atoms. The highest BCUT2D eigenvalue weighted by Crippen LogP contribution is 2.33. The summed E-state index contributed by atoms with van der Waals surface area (Å²) in [5.41, 5.74) is 0.867. The van der Waals surface area contributed by atoms with E-state index in [2.05, 4.69) is 0 Å². The first-order chi connectivity index (χ1) is 11.5. The number of amides is 1. The van der Waals surface area contributed by atoms with Crippen molar-refractivity contribution in [3.05, 3.63) is 34.7 Å². The molecule has 2 rings (SSSR count). The van der Waals surface area contributed by atoms with E-state index in [0.717, 1.165) is 11.3 Å². The summed E-state index contributed by atoms with van der Waals surface area (Å²) in [5.74, 6) is 0.236. The number of thioether (sulfide) groups is 1. The van der Waals surface area contributed by atoms with Gasteiger partial charge in [0.1, 0.15) is 10.1 Å². The number of esters is 1. The Bertz CT molecular complexity index is 672. The highest BCUT2D eigenvalue weighted by molar-refractivity contribution is 8.26. The number of benzene rings is 1. The molecule has 7 heteroatoms. The molecule has 1 aromatic rings. The molecular formula is C17H19NO4S2. The van der Waals surface area contributed by atoms with Gasteiger partial charge < -0.3 is 9.47 Å². The maximum atomic E-state index is 12.5. The van der Waals surface area contributed by atoms with E-state index in [1.54, 1.807) is 13.0 Å². The van der Waals surface area contributed by atoms with Gasteiger partial charge in [-0.25, -0.2) is 0 Å². The zero-order chi connectivity index (χ0) is 17.5. The second-order valence-electron chi connectivity index (χ2n) is 4.89. The van der Waals surface area contributed by atoms with Crippen LogP contribution in [0.4, 0.5) is 0 Å². The summed E-state index contributed by atoms with van der Waals surface area (Å²) in [6, 6.07) is 7.51. The van der Waals surface area contributed by atoms with Crippen molar-refractivity contribution >= 4 is 46.3 Å². The van der Waals surface area contributed by atoms with Crippen LogP contribution in [0.5, 0.6) is 5.75 Å². The van der Waals surface area contributed by atoms with Crippen molar-refractivity contribution in [2.24, 2.45) is 0 Å². The van der Waals surface area contributed by atoms with Gasteiger partial charge in [0.05, 0.1) is 24.5 Å². The van der Waals surface area contributed by atoms with Crippen molar-refractivity contribution in [2.45, 2.75) is 20.3 Å². The zero-order valence-electron chi connectivity index (χ0n) is 13.6. The first kappa shape index (κ1) is 18.5.